The molecule has 1 aromatic rings. The van der Waals surface area contributed by atoms with Crippen molar-refractivity contribution in [3.05, 3.63) is 33.8 Å². The summed E-state index contributed by atoms with van der Waals surface area (Å²) in [6, 6.07) is 7.24. The number of hydrogen-bond acceptors (Lipinski definition) is 1. The highest BCUT2D eigenvalue weighted by molar-refractivity contribution is 9.10. The third-order valence-corrected chi connectivity index (χ3v) is 3.20. The molecular weight excluding hydrogens is 226 g/mol. The van der Waals surface area contributed by atoms with Crippen molar-refractivity contribution in [2.24, 2.45) is 0 Å². The first kappa shape index (κ1) is 9.22. The molecule has 1 atom stereocenters. The molecule has 0 fully saturated rings. The van der Waals surface area contributed by atoms with Gasteiger partial charge in [-0.1, -0.05) is 28.9 Å². The maximum atomic E-state index is 3.53. The van der Waals surface area contributed by atoms with Gasteiger partial charge in [-0.05, 0) is 36.1 Å². The van der Waals surface area contributed by atoms with E-state index in [-0.39, 0.29) is 0 Å². The van der Waals surface area contributed by atoms with Gasteiger partial charge in [-0.25, -0.2) is 0 Å². The number of nitrogens with one attached hydrogen (secondary N) is 1. The van der Waals surface area contributed by atoms with Crippen LogP contribution in [0.5, 0.6) is 0 Å². The van der Waals surface area contributed by atoms with Gasteiger partial charge in [0.1, 0.15) is 0 Å². The highest BCUT2D eigenvalue weighted by Gasteiger charge is 2.15. The van der Waals surface area contributed by atoms with Crippen LogP contribution in [0.3, 0.4) is 0 Å². The van der Waals surface area contributed by atoms with Crippen molar-refractivity contribution in [1.82, 2.24) is 5.32 Å². The molecule has 1 aliphatic heterocycles. The Labute approximate surface area is 87.7 Å². The number of rotatable bonds is 1. The molecule has 1 N–H and O–H groups in total. The third-order valence-electron chi connectivity index (χ3n) is 2.71. The minimum Gasteiger partial charge on any atom is -0.310 e. The van der Waals surface area contributed by atoms with Crippen LogP contribution in [0.4, 0.5) is 0 Å². The fourth-order valence-corrected chi connectivity index (χ4v) is 2.25. The summed E-state index contributed by atoms with van der Waals surface area (Å²) >= 11 is 3.51. The van der Waals surface area contributed by atoms with Crippen LogP contribution in [-0.4, -0.2) is 6.04 Å². The smallest absolute Gasteiger partial charge is 0.0210 e. The van der Waals surface area contributed by atoms with Gasteiger partial charge in [0.05, 0.1) is 0 Å². The quantitative estimate of drug-likeness (QED) is 0.795. The lowest BCUT2D eigenvalue weighted by atomic mass is 9.95. The minimum absolute atomic E-state index is 0.668. The summed E-state index contributed by atoms with van der Waals surface area (Å²) < 4.78 is 1.20. The van der Waals surface area contributed by atoms with E-state index in [1.165, 1.54) is 28.4 Å². The van der Waals surface area contributed by atoms with Crippen LogP contribution in [0.2, 0.25) is 0 Å². The normalized spacial score (nSPS) is 21.2. The predicted octanol–water partition coefficient (Wildman–Crippen LogP) is 2.87. The van der Waals surface area contributed by atoms with Crippen LogP contribution in [0.1, 0.15) is 24.5 Å². The second-order valence-corrected chi connectivity index (χ2v) is 4.52. The summed E-state index contributed by atoms with van der Waals surface area (Å²) in [5.41, 5.74) is 2.95. The van der Waals surface area contributed by atoms with Gasteiger partial charge >= 0.3 is 0 Å². The van der Waals surface area contributed by atoms with Crippen molar-refractivity contribution in [2.45, 2.75) is 32.4 Å². The average Bonchev–Trinajstić information content (AvgIpc) is 2.16. The molecule has 13 heavy (non-hydrogen) atoms. The van der Waals surface area contributed by atoms with E-state index in [1.54, 1.807) is 0 Å². The Kier molecular flexibility index (Phi) is 2.70. The van der Waals surface area contributed by atoms with Crippen molar-refractivity contribution in [3.8, 4) is 0 Å². The van der Waals surface area contributed by atoms with Gasteiger partial charge in [-0.3, -0.25) is 0 Å². The Bertz CT molecular complexity index is 309. The molecule has 1 aliphatic rings. The van der Waals surface area contributed by atoms with E-state index in [2.05, 4.69) is 46.4 Å². The largest absolute Gasteiger partial charge is 0.310 e. The summed E-state index contributed by atoms with van der Waals surface area (Å²) in [6.07, 6.45) is 2.39. The van der Waals surface area contributed by atoms with Crippen molar-refractivity contribution >= 4 is 15.9 Å². The molecule has 0 aliphatic carbocycles. The summed E-state index contributed by atoms with van der Waals surface area (Å²) in [6.45, 7) is 3.27. The number of fused-ring (bicyclic) bond motifs is 1. The molecule has 1 heterocycles. The standard InChI is InChI=1S/C11H14BrN/c1-2-11-6-9-5-10(12)4-3-8(9)7-13-11/h3-5,11,13H,2,6-7H2,1H3. The zero-order chi connectivity index (χ0) is 9.26. The number of benzene rings is 1. The minimum atomic E-state index is 0.668. The Morgan fingerprint density at radius 3 is 3.08 bits per heavy atom. The lowest BCUT2D eigenvalue weighted by Gasteiger charge is -2.25. The summed E-state index contributed by atoms with van der Waals surface area (Å²) in [7, 11) is 0. The number of hydrogen-bond donors (Lipinski definition) is 1. The average molecular weight is 240 g/mol. The van der Waals surface area contributed by atoms with Gasteiger partial charge in [0.2, 0.25) is 0 Å². The molecule has 1 nitrogen and oxygen atoms in total. The monoisotopic (exact) mass is 239 g/mol. The van der Waals surface area contributed by atoms with Gasteiger partial charge in [0.25, 0.3) is 0 Å². The highest BCUT2D eigenvalue weighted by atomic mass is 79.9. The summed E-state index contributed by atoms with van der Waals surface area (Å²) in [4.78, 5) is 0. The molecule has 70 valence electrons. The van der Waals surface area contributed by atoms with E-state index in [1.807, 2.05) is 0 Å². The van der Waals surface area contributed by atoms with Crippen LogP contribution in [0, 0.1) is 0 Å². The SMILES string of the molecule is CCC1Cc2cc(Br)ccc2CN1. The van der Waals surface area contributed by atoms with Crippen molar-refractivity contribution in [2.75, 3.05) is 0 Å². The van der Waals surface area contributed by atoms with Crippen LogP contribution >= 0.6 is 15.9 Å². The van der Waals surface area contributed by atoms with Gasteiger partial charge in [0, 0.05) is 17.1 Å². The topological polar surface area (TPSA) is 12.0 Å². The lowest BCUT2D eigenvalue weighted by molar-refractivity contribution is 0.467. The van der Waals surface area contributed by atoms with E-state index < -0.39 is 0 Å². The van der Waals surface area contributed by atoms with E-state index in [0.717, 1.165) is 6.54 Å². The van der Waals surface area contributed by atoms with Gasteiger partial charge < -0.3 is 5.32 Å². The maximum Gasteiger partial charge on any atom is 0.0210 e. The first-order chi connectivity index (χ1) is 6.29. The van der Waals surface area contributed by atoms with E-state index in [4.69, 9.17) is 0 Å². The van der Waals surface area contributed by atoms with Crippen molar-refractivity contribution in [1.29, 1.82) is 0 Å². The Morgan fingerprint density at radius 1 is 1.46 bits per heavy atom. The molecule has 0 radical (unpaired) electrons. The molecule has 2 rings (SSSR count). The van der Waals surface area contributed by atoms with E-state index >= 15 is 0 Å². The molecule has 0 saturated heterocycles. The van der Waals surface area contributed by atoms with Crippen LogP contribution in [0.15, 0.2) is 22.7 Å². The molecule has 0 bridgehead atoms. The molecule has 0 spiro atoms. The van der Waals surface area contributed by atoms with E-state index in [9.17, 15) is 0 Å². The zero-order valence-corrected chi connectivity index (χ0v) is 9.39. The Morgan fingerprint density at radius 2 is 2.31 bits per heavy atom. The Hall–Kier alpha value is -0.340. The molecule has 1 unspecified atom stereocenters. The second-order valence-electron chi connectivity index (χ2n) is 3.60. The maximum absolute atomic E-state index is 3.53. The fourth-order valence-electron chi connectivity index (χ4n) is 1.84. The Balaban J connectivity index is 2.27. The molecule has 2 heteroatoms. The molecule has 1 aromatic carbocycles. The predicted molar refractivity (Wildman–Crippen MR) is 58.8 cm³/mol. The van der Waals surface area contributed by atoms with Gasteiger partial charge in [-0.2, -0.15) is 0 Å². The highest BCUT2D eigenvalue weighted by Crippen LogP contribution is 2.22. The molecule has 0 aromatic heterocycles. The summed E-state index contributed by atoms with van der Waals surface area (Å²) in [5.74, 6) is 0. The number of halogens is 1. The second kappa shape index (κ2) is 3.81. The van der Waals surface area contributed by atoms with E-state index in [0.29, 0.717) is 6.04 Å². The van der Waals surface area contributed by atoms with Gasteiger partial charge in [-0.15, -0.1) is 0 Å². The third kappa shape index (κ3) is 1.94. The van der Waals surface area contributed by atoms with Crippen LogP contribution < -0.4 is 5.32 Å². The summed E-state index contributed by atoms with van der Waals surface area (Å²) in [5, 5.41) is 3.53. The van der Waals surface area contributed by atoms with Crippen molar-refractivity contribution < 1.29 is 0 Å². The fraction of sp³-hybridized carbons (Fsp3) is 0.455. The van der Waals surface area contributed by atoms with Gasteiger partial charge in [0.15, 0.2) is 0 Å². The lowest BCUT2D eigenvalue weighted by Crippen LogP contribution is -2.34. The first-order valence-corrected chi connectivity index (χ1v) is 5.59. The molecular formula is C11H14BrN. The zero-order valence-electron chi connectivity index (χ0n) is 7.81. The van der Waals surface area contributed by atoms with Crippen LogP contribution in [0.25, 0.3) is 0 Å². The molecule has 0 saturated carbocycles. The van der Waals surface area contributed by atoms with Crippen LogP contribution in [-0.2, 0) is 13.0 Å². The first-order valence-electron chi connectivity index (χ1n) is 4.80. The molecule has 0 amide bonds. The van der Waals surface area contributed by atoms with Crippen molar-refractivity contribution in [3.63, 3.8) is 0 Å².